The number of benzene rings is 1. The molecule has 2 aromatic heterocycles. The Bertz CT molecular complexity index is 733. The largest absolute Gasteiger partial charge is 0.392 e. The zero-order valence-electron chi connectivity index (χ0n) is 11.0. The third-order valence-electron chi connectivity index (χ3n) is 2.99. The van der Waals surface area contributed by atoms with E-state index in [9.17, 15) is 5.11 Å². The van der Waals surface area contributed by atoms with Gasteiger partial charge in [0, 0.05) is 18.0 Å². The molecule has 98 valence electrons. The van der Waals surface area contributed by atoms with E-state index in [4.69, 9.17) is 0 Å². The summed E-state index contributed by atoms with van der Waals surface area (Å²) in [6.45, 7) is 4.17. The zero-order valence-corrected chi connectivity index (χ0v) is 11.0. The van der Waals surface area contributed by atoms with Crippen LogP contribution in [0.25, 0.3) is 16.6 Å². The van der Waals surface area contributed by atoms with Gasteiger partial charge in [0.15, 0.2) is 5.65 Å². The van der Waals surface area contributed by atoms with E-state index in [1.54, 1.807) is 6.92 Å². The monoisotopic (exact) mass is 256 g/mol. The number of aliphatic hydroxyl groups excluding tert-OH is 1. The summed E-state index contributed by atoms with van der Waals surface area (Å²) in [6, 6.07) is 9.92. The molecule has 0 radical (unpaired) electrons. The van der Waals surface area contributed by atoms with E-state index in [1.807, 2.05) is 41.8 Å². The number of aliphatic hydroxyl groups is 1. The number of aryl methyl sites for hydroxylation is 1. The first-order chi connectivity index (χ1) is 9.15. The van der Waals surface area contributed by atoms with Crippen LogP contribution >= 0.6 is 0 Å². The maximum Gasteiger partial charge on any atom is 0.158 e. The summed E-state index contributed by atoms with van der Waals surface area (Å²) >= 11 is 0. The molecule has 2 heterocycles. The zero-order chi connectivity index (χ0) is 13.4. The van der Waals surface area contributed by atoms with Crippen molar-refractivity contribution in [2.75, 3.05) is 11.9 Å². The van der Waals surface area contributed by atoms with Gasteiger partial charge in [-0.15, -0.1) is 0 Å². The first-order valence-electron chi connectivity index (χ1n) is 6.32. The minimum absolute atomic E-state index is 0.413. The molecular weight excluding hydrogens is 240 g/mol. The molecule has 1 atom stereocenters. The maximum atomic E-state index is 9.40. The minimum atomic E-state index is -0.413. The van der Waals surface area contributed by atoms with Crippen LogP contribution in [0.1, 0.15) is 12.6 Å². The van der Waals surface area contributed by atoms with Crippen molar-refractivity contribution < 1.29 is 5.11 Å². The molecular formula is C14H16N4O. The predicted molar refractivity (Wildman–Crippen MR) is 75.4 cm³/mol. The van der Waals surface area contributed by atoms with Crippen LogP contribution in [-0.2, 0) is 0 Å². The molecule has 0 saturated carbocycles. The third kappa shape index (κ3) is 2.13. The molecule has 0 spiro atoms. The Morgan fingerprint density at radius 3 is 2.95 bits per heavy atom. The van der Waals surface area contributed by atoms with Crippen LogP contribution in [0.5, 0.6) is 0 Å². The fraction of sp³-hybridized carbons (Fsp3) is 0.286. The Morgan fingerprint density at radius 2 is 2.16 bits per heavy atom. The van der Waals surface area contributed by atoms with E-state index >= 15 is 0 Å². The van der Waals surface area contributed by atoms with Crippen molar-refractivity contribution >= 4 is 22.4 Å². The van der Waals surface area contributed by atoms with E-state index in [0.29, 0.717) is 6.54 Å². The Balaban J connectivity index is 2.23. The lowest BCUT2D eigenvalue weighted by Gasteiger charge is -2.11. The highest BCUT2D eigenvalue weighted by Gasteiger charge is 2.09. The van der Waals surface area contributed by atoms with Gasteiger partial charge in [-0.1, -0.05) is 12.1 Å². The average molecular weight is 256 g/mol. The number of fused-ring (bicyclic) bond motifs is 3. The van der Waals surface area contributed by atoms with Gasteiger partial charge < -0.3 is 10.4 Å². The van der Waals surface area contributed by atoms with Crippen molar-refractivity contribution in [1.82, 2.24) is 14.6 Å². The van der Waals surface area contributed by atoms with Crippen LogP contribution in [0.15, 0.2) is 30.3 Å². The van der Waals surface area contributed by atoms with Crippen LogP contribution in [0.3, 0.4) is 0 Å². The van der Waals surface area contributed by atoms with Crippen molar-refractivity contribution in [1.29, 1.82) is 0 Å². The summed E-state index contributed by atoms with van der Waals surface area (Å²) in [7, 11) is 0. The second-order valence-corrected chi connectivity index (χ2v) is 4.76. The Hall–Kier alpha value is -2.14. The topological polar surface area (TPSA) is 62.5 Å². The molecule has 0 aliphatic carbocycles. The van der Waals surface area contributed by atoms with Gasteiger partial charge in [0.05, 0.1) is 17.3 Å². The Morgan fingerprint density at radius 1 is 1.37 bits per heavy atom. The highest BCUT2D eigenvalue weighted by Crippen LogP contribution is 2.23. The van der Waals surface area contributed by atoms with E-state index in [1.165, 1.54) is 0 Å². The molecule has 5 heteroatoms. The normalized spacial score (nSPS) is 13.0. The molecule has 0 bridgehead atoms. The Labute approximate surface area is 110 Å². The fourth-order valence-electron chi connectivity index (χ4n) is 2.16. The van der Waals surface area contributed by atoms with Crippen molar-refractivity contribution in [2.24, 2.45) is 0 Å². The molecule has 0 unspecified atom stereocenters. The lowest BCUT2D eigenvalue weighted by Crippen LogP contribution is -2.16. The molecule has 0 saturated heterocycles. The molecule has 2 N–H and O–H groups in total. The van der Waals surface area contributed by atoms with Gasteiger partial charge in [0.2, 0.25) is 0 Å². The first-order valence-corrected chi connectivity index (χ1v) is 6.32. The fourth-order valence-corrected chi connectivity index (χ4v) is 2.16. The highest BCUT2D eigenvalue weighted by molar-refractivity contribution is 5.91. The van der Waals surface area contributed by atoms with Gasteiger partial charge in [0.1, 0.15) is 5.82 Å². The highest BCUT2D eigenvalue weighted by atomic mass is 16.3. The van der Waals surface area contributed by atoms with Crippen LogP contribution in [0.4, 0.5) is 5.82 Å². The van der Waals surface area contributed by atoms with Gasteiger partial charge in [-0.2, -0.15) is 5.10 Å². The third-order valence-corrected chi connectivity index (χ3v) is 2.99. The molecule has 0 amide bonds. The van der Waals surface area contributed by atoms with Gasteiger partial charge >= 0.3 is 0 Å². The summed E-state index contributed by atoms with van der Waals surface area (Å²) in [5, 5.41) is 18.0. The minimum Gasteiger partial charge on any atom is -0.392 e. The number of hydrogen-bond donors (Lipinski definition) is 2. The van der Waals surface area contributed by atoms with Crippen LogP contribution in [0.2, 0.25) is 0 Å². The van der Waals surface area contributed by atoms with Crippen molar-refractivity contribution in [3.8, 4) is 0 Å². The number of aromatic nitrogens is 3. The lowest BCUT2D eigenvalue weighted by atomic mass is 10.2. The van der Waals surface area contributed by atoms with Crippen molar-refractivity contribution in [3.63, 3.8) is 0 Å². The summed E-state index contributed by atoms with van der Waals surface area (Å²) in [5.41, 5.74) is 2.75. The summed E-state index contributed by atoms with van der Waals surface area (Å²) in [5.74, 6) is 0.781. The van der Waals surface area contributed by atoms with Crippen molar-refractivity contribution in [2.45, 2.75) is 20.0 Å². The van der Waals surface area contributed by atoms with Crippen molar-refractivity contribution in [3.05, 3.63) is 36.0 Å². The SMILES string of the molecule is Cc1cc2nc(NC[C@H](C)O)c3ccccc3n2n1. The van der Waals surface area contributed by atoms with E-state index in [-0.39, 0.29) is 0 Å². The van der Waals surface area contributed by atoms with E-state index in [0.717, 1.165) is 28.1 Å². The number of anilines is 1. The smallest absolute Gasteiger partial charge is 0.158 e. The molecule has 19 heavy (non-hydrogen) atoms. The van der Waals surface area contributed by atoms with E-state index < -0.39 is 6.10 Å². The number of para-hydroxylation sites is 1. The maximum absolute atomic E-state index is 9.40. The predicted octanol–water partition coefficient (Wildman–Crippen LogP) is 1.98. The lowest BCUT2D eigenvalue weighted by molar-refractivity contribution is 0.208. The summed E-state index contributed by atoms with van der Waals surface area (Å²) in [6.07, 6.45) is -0.413. The molecule has 3 rings (SSSR count). The molecule has 5 nitrogen and oxygen atoms in total. The molecule has 0 aliphatic heterocycles. The van der Waals surface area contributed by atoms with Gasteiger partial charge in [-0.05, 0) is 26.0 Å². The molecule has 0 fully saturated rings. The van der Waals surface area contributed by atoms with Crippen LogP contribution in [0, 0.1) is 6.92 Å². The molecule has 1 aromatic carbocycles. The Kier molecular flexibility index (Phi) is 2.83. The van der Waals surface area contributed by atoms with Crippen LogP contribution in [-0.4, -0.2) is 32.4 Å². The van der Waals surface area contributed by atoms with Gasteiger partial charge in [-0.25, -0.2) is 9.50 Å². The second-order valence-electron chi connectivity index (χ2n) is 4.76. The standard InChI is InChI=1S/C14H16N4O/c1-9-7-13-16-14(15-8-10(2)19)11-5-3-4-6-12(11)18(13)17-9/h3-7,10,19H,8H2,1-2H3,(H,15,16)/t10-/m0/s1. The molecule has 0 aliphatic rings. The average Bonchev–Trinajstić information content (AvgIpc) is 2.76. The van der Waals surface area contributed by atoms with Gasteiger partial charge in [-0.3, -0.25) is 0 Å². The second kappa shape index (κ2) is 4.51. The quantitative estimate of drug-likeness (QED) is 0.752. The first kappa shape index (κ1) is 11.9. The van der Waals surface area contributed by atoms with E-state index in [2.05, 4.69) is 15.4 Å². The summed E-state index contributed by atoms with van der Waals surface area (Å²) < 4.78 is 1.85. The number of nitrogens with zero attached hydrogens (tertiary/aromatic N) is 3. The summed E-state index contributed by atoms with van der Waals surface area (Å²) in [4.78, 5) is 4.57. The van der Waals surface area contributed by atoms with Crippen LogP contribution < -0.4 is 5.32 Å². The number of hydrogen-bond acceptors (Lipinski definition) is 4. The number of rotatable bonds is 3. The van der Waals surface area contributed by atoms with Gasteiger partial charge in [0.25, 0.3) is 0 Å². The number of nitrogens with one attached hydrogen (secondary N) is 1. The molecule has 3 aromatic rings.